The molecule has 0 atom stereocenters. The molecule has 0 aliphatic rings. The van der Waals surface area contributed by atoms with Crippen LogP contribution >= 0.6 is 11.6 Å². The monoisotopic (exact) mass is 233 g/mol. The highest BCUT2D eigenvalue weighted by Crippen LogP contribution is 2.29. The summed E-state index contributed by atoms with van der Waals surface area (Å²) in [6, 6.07) is 6.13. The largest absolute Gasteiger partial charge is 0.252 e. The van der Waals surface area contributed by atoms with Gasteiger partial charge >= 0.3 is 0 Å². The highest BCUT2D eigenvalue weighted by Gasteiger charge is 2.09. The van der Waals surface area contributed by atoms with Gasteiger partial charge in [0.2, 0.25) is 0 Å². The van der Waals surface area contributed by atoms with Gasteiger partial charge in [-0.25, -0.2) is 0 Å². The number of nitrogens with zero attached hydrogens (tertiary/aromatic N) is 1. The quantitative estimate of drug-likeness (QED) is 0.700. The zero-order chi connectivity index (χ0) is 11.9. The Kier molecular flexibility index (Phi) is 2.90. The Labute approximate surface area is 101 Å². The lowest BCUT2D eigenvalue weighted by molar-refractivity contribution is 0.829. The zero-order valence-electron chi connectivity index (χ0n) is 10.1. The van der Waals surface area contributed by atoms with Crippen LogP contribution in [0.2, 0.25) is 5.02 Å². The number of pyridine rings is 1. The molecule has 0 amide bonds. The second-order valence-electron chi connectivity index (χ2n) is 4.59. The molecule has 1 aromatic carbocycles. The van der Waals surface area contributed by atoms with Crippen LogP contribution in [0.4, 0.5) is 0 Å². The summed E-state index contributed by atoms with van der Waals surface area (Å²) in [5.41, 5.74) is 4.58. The normalized spacial score (nSPS) is 11.4. The summed E-state index contributed by atoms with van der Waals surface area (Å²) in [5.74, 6) is 0.404. The molecule has 0 aliphatic heterocycles. The zero-order valence-corrected chi connectivity index (χ0v) is 10.9. The third kappa shape index (κ3) is 1.80. The second kappa shape index (κ2) is 4.06. The Hall–Kier alpha value is -1.08. The number of fused-ring (bicyclic) bond motifs is 1. The number of halogens is 1. The van der Waals surface area contributed by atoms with Crippen molar-refractivity contribution in [2.24, 2.45) is 0 Å². The Bertz CT molecular complexity index is 544. The molecule has 2 rings (SSSR count). The molecule has 0 radical (unpaired) electrons. The van der Waals surface area contributed by atoms with E-state index in [1.807, 2.05) is 6.07 Å². The fourth-order valence-electron chi connectivity index (χ4n) is 1.80. The van der Waals surface area contributed by atoms with Crippen LogP contribution in [0.5, 0.6) is 0 Å². The van der Waals surface area contributed by atoms with Crippen LogP contribution in [0.15, 0.2) is 18.2 Å². The lowest BCUT2D eigenvalue weighted by Crippen LogP contribution is -1.96. The minimum atomic E-state index is 0.404. The van der Waals surface area contributed by atoms with Crippen molar-refractivity contribution in [3.8, 4) is 0 Å². The Balaban J connectivity index is 2.83. The third-order valence-electron chi connectivity index (χ3n) is 3.07. The van der Waals surface area contributed by atoms with Crippen LogP contribution < -0.4 is 0 Å². The molecule has 2 heteroatoms. The van der Waals surface area contributed by atoms with Gasteiger partial charge in [-0.05, 0) is 37.0 Å². The molecule has 16 heavy (non-hydrogen) atoms. The maximum atomic E-state index is 6.29. The molecule has 0 spiro atoms. The highest BCUT2D eigenvalue weighted by molar-refractivity contribution is 6.35. The highest BCUT2D eigenvalue weighted by atomic mass is 35.5. The van der Waals surface area contributed by atoms with E-state index in [1.165, 1.54) is 11.1 Å². The lowest BCUT2D eigenvalue weighted by atomic mass is 10.0. The molecule has 1 aromatic heterocycles. The molecule has 1 heterocycles. The summed E-state index contributed by atoms with van der Waals surface area (Å²) in [5, 5.41) is 1.85. The van der Waals surface area contributed by atoms with Gasteiger partial charge in [0, 0.05) is 11.1 Å². The van der Waals surface area contributed by atoms with Crippen LogP contribution in [-0.2, 0) is 0 Å². The van der Waals surface area contributed by atoms with Gasteiger partial charge in [-0.15, -0.1) is 0 Å². The standard InChI is InChI=1S/C14H16ClN/c1-8(2)13-7-12(15)11-6-5-9(3)10(4)14(11)16-13/h5-8H,1-4H3. The number of hydrogen-bond donors (Lipinski definition) is 0. The molecule has 0 fully saturated rings. The van der Waals surface area contributed by atoms with Crippen LogP contribution in [0.3, 0.4) is 0 Å². The van der Waals surface area contributed by atoms with Gasteiger partial charge in [0.25, 0.3) is 0 Å². The van der Waals surface area contributed by atoms with E-state index in [-0.39, 0.29) is 0 Å². The van der Waals surface area contributed by atoms with E-state index in [0.29, 0.717) is 5.92 Å². The van der Waals surface area contributed by atoms with E-state index in [1.54, 1.807) is 0 Å². The van der Waals surface area contributed by atoms with Gasteiger partial charge in [0.15, 0.2) is 0 Å². The molecule has 0 saturated heterocycles. The van der Waals surface area contributed by atoms with Crippen LogP contribution in [-0.4, -0.2) is 4.98 Å². The lowest BCUT2D eigenvalue weighted by Gasteiger charge is -2.11. The number of rotatable bonds is 1. The minimum absolute atomic E-state index is 0.404. The van der Waals surface area contributed by atoms with E-state index in [0.717, 1.165) is 21.6 Å². The number of aryl methyl sites for hydroxylation is 2. The predicted molar refractivity (Wildman–Crippen MR) is 70.3 cm³/mol. The number of benzene rings is 1. The first-order valence-electron chi connectivity index (χ1n) is 5.57. The SMILES string of the molecule is Cc1ccc2c(Cl)cc(C(C)C)nc2c1C. The molecule has 0 aliphatic carbocycles. The van der Waals surface area contributed by atoms with E-state index in [9.17, 15) is 0 Å². The van der Waals surface area contributed by atoms with E-state index in [2.05, 4.69) is 39.8 Å². The first-order chi connectivity index (χ1) is 7.50. The minimum Gasteiger partial charge on any atom is -0.252 e. The summed E-state index contributed by atoms with van der Waals surface area (Å²) < 4.78 is 0. The van der Waals surface area contributed by atoms with Crippen molar-refractivity contribution in [3.63, 3.8) is 0 Å². The van der Waals surface area contributed by atoms with Gasteiger partial charge < -0.3 is 0 Å². The first kappa shape index (κ1) is 11.4. The van der Waals surface area contributed by atoms with Crippen molar-refractivity contribution in [2.75, 3.05) is 0 Å². The predicted octanol–water partition coefficient (Wildman–Crippen LogP) is 4.63. The van der Waals surface area contributed by atoms with Crippen LogP contribution in [0.25, 0.3) is 10.9 Å². The molecule has 0 saturated carbocycles. The van der Waals surface area contributed by atoms with Crippen molar-refractivity contribution >= 4 is 22.5 Å². The molecule has 0 N–H and O–H groups in total. The molecular weight excluding hydrogens is 218 g/mol. The van der Waals surface area contributed by atoms with Gasteiger partial charge in [0.05, 0.1) is 10.5 Å². The van der Waals surface area contributed by atoms with Crippen molar-refractivity contribution in [3.05, 3.63) is 40.0 Å². The summed E-state index contributed by atoms with van der Waals surface area (Å²) in [6.45, 7) is 8.47. The summed E-state index contributed by atoms with van der Waals surface area (Å²) >= 11 is 6.29. The van der Waals surface area contributed by atoms with E-state index in [4.69, 9.17) is 16.6 Å². The number of aromatic nitrogens is 1. The molecule has 0 bridgehead atoms. The van der Waals surface area contributed by atoms with Crippen molar-refractivity contribution in [2.45, 2.75) is 33.6 Å². The molecular formula is C14H16ClN. The second-order valence-corrected chi connectivity index (χ2v) is 4.99. The van der Waals surface area contributed by atoms with Crippen molar-refractivity contribution < 1.29 is 0 Å². The maximum Gasteiger partial charge on any atom is 0.0752 e. The Morgan fingerprint density at radius 1 is 1.19 bits per heavy atom. The van der Waals surface area contributed by atoms with Gasteiger partial charge in [0.1, 0.15) is 0 Å². The fourth-order valence-corrected chi connectivity index (χ4v) is 2.07. The Morgan fingerprint density at radius 2 is 1.88 bits per heavy atom. The van der Waals surface area contributed by atoms with Crippen LogP contribution in [0, 0.1) is 13.8 Å². The van der Waals surface area contributed by atoms with Crippen LogP contribution in [0.1, 0.15) is 36.6 Å². The van der Waals surface area contributed by atoms with E-state index < -0.39 is 0 Å². The topological polar surface area (TPSA) is 12.9 Å². The average Bonchev–Trinajstić information content (AvgIpc) is 2.23. The van der Waals surface area contributed by atoms with Crippen molar-refractivity contribution in [1.29, 1.82) is 0 Å². The Morgan fingerprint density at radius 3 is 2.50 bits per heavy atom. The molecule has 1 nitrogen and oxygen atoms in total. The van der Waals surface area contributed by atoms with Crippen molar-refractivity contribution in [1.82, 2.24) is 4.98 Å². The van der Waals surface area contributed by atoms with E-state index >= 15 is 0 Å². The summed E-state index contributed by atoms with van der Waals surface area (Å²) in [7, 11) is 0. The number of hydrogen-bond acceptors (Lipinski definition) is 1. The van der Waals surface area contributed by atoms with Gasteiger partial charge in [-0.3, -0.25) is 4.98 Å². The molecule has 84 valence electrons. The third-order valence-corrected chi connectivity index (χ3v) is 3.38. The summed E-state index contributed by atoms with van der Waals surface area (Å²) in [4.78, 5) is 4.71. The summed E-state index contributed by atoms with van der Waals surface area (Å²) in [6.07, 6.45) is 0. The smallest absolute Gasteiger partial charge is 0.0752 e. The maximum absolute atomic E-state index is 6.29. The molecule has 2 aromatic rings. The average molecular weight is 234 g/mol. The molecule has 0 unspecified atom stereocenters. The van der Waals surface area contributed by atoms with Gasteiger partial charge in [-0.2, -0.15) is 0 Å². The first-order valence-corrected chi connectivity index (χ1v) is 5.95. The fraction of sp³-hybridized carbons (Fsp3) is 0.357. The van der Waals surface area contributed by atoms with Gasteiger partial charge in [-0.1, -0.05) is 37.6 Å².